The minimum Gasteiger partial charge on any atom is -0.444 e. The second kappa shape index (κ2) is 7.24. The molecule has 0 spiro atoms. The van der Waals surface area contributed by atoms with E-state index in [0.29, 0.717) is 6.04 Å². The van der Waals surface area contributed by atoms with Gasteiger partial charge in [-0.1, -0.05) is 17.7 Å². The van der Waals surface area contributed by atoms with Gasteiger partial charge in [-0.2, -0.15) is 0 Å². The number of benzene rings is 1. The highest BCUT2D eigenvalue weighted by Gasteiger charge is 2.24. The number of ether oxygens (including phenoxy) is 1. The Kier molecular flexibility index (Phi) is 5.55. The number of anilines is 1. The highest BCUT2D eigenvalue weighted by Crippen LogP contribution is 2.24. The summed E-state index contributed by atoms with van der Waals surface area (Å²) in [6.07, 6.45) is 3.80. The number of amides is 1. The topological polar surface area (TPSA) is 50.4 Å². The molecular formula is C19H30N2O2. The normalized spacial score (nSPS) is 21.6. The lowest BCUT2D eigenvalue weighted by Crippen LogP contribution is -2.42. The van der Waals surface area contributed by atoms with E-state index in [1.165, 1.54) is 16.8 Å². The summed E-state index contributed by atoms with van der Waals surface area (Å²) in [5.41, 5.74) is 3.36. The fourth-order valence-corrected chi connectivity index (χ4v) is 3.05. The van der Waals surface area contributed by atoms with Gasteiger partial charge in [0, 0.05) is 17.8 Å². The van der Waals surface area contributed by atoms with Crippen LogP contribution in [0.1, 0.15) is 57.6 Å². The van der Waals surface area contributed by atoms with Crippen LogP contribution in [0.25, 0.3) is 0 Å². The first-order chi connectivity index (χ1) is 10.7. The van der Waals surface area contributed by atoms with Crippen LogP contribution in [0.5, 0.6) is 0 Å². The lowest BCUT2D eigenvalue weighted by Gasteiger charge is -2.31. The molecular weight excluding hydrogens is 288 g/mol. The molecule has 4 heteroatoms. The Labute approximate surface area is 140 Å². The Bertz CT molecular complexity index is 541. The van der Waals surface area contributed by atoms with Crippen molar-refractivity contribution in [2.75, 3.05) is 5.32 Å². The number of rotatable bonds is 3. The first-order valence-corrected chi connectivity index (χ1v) is 8.56. The lowest BCUT2D eigenvalue weighted by molar-refractivity contribution is 0.0492. The number of nitrogens with one attached hydrogen (secondary N) is 2. The summed E-state index contributed by atoms with van der Waals surface area (Å²) in [4.78, 5) is 11.8. The Morgan fingerprint density at radius 1 is 1.09 bits per heavy atom. The quantitative estimate of drug-likeness (QED) is 0.859. The highest BCUT2D eigenvalue weighted by molar-refractivity contribution is 5.68. The minimum absolute atomic E-state index is 0.224. The zero-order valence-electron chi connectivity index (χ0n) is 15.0. The van der Waals surface area contributed by atoms with E-state index in [0.717, 1.165) is 25.7 Å². The number of hydrogen-bond acceptors (Lipinski definition) is 3. The van der Waals surface area contributed by atoms with Gasteiger partial charge in [0.1, 0.15) is 5.60 Å². The van der Waals surface area contributed by atoms with Crippen LogP contribution in [0.15, 0.2) is 18.2 Å². The van der Waals surface area contributed by atoms with Gasteiger partial charge in [0.05, 0.1) is 0 Å². The maximum absolute atomic E-state index is 11.8. The number of hydrogen-bond donors (Lipinski definition) is 2. The predicted molar refractivity (Wildman–Crippen MR) is 95.0 cm³/mol. The van der Waals surface area contributed by atoms with Crippen molar-refractivity contribution in [3.63, 3.8) is 0 Å². The fraction of sp³-hybridized carbons (Fsp3) is 0.632. The summed E-state index contributed by atoms with van der Waals surface area (Å²) in [5, 5.41) is 6.63. The van der Waals surface area contributed by atoms with E-state index in [1.807, 2.05) is 20.8 Å². The summed E-state index contributed by atoms with van der Waals surface area (Å²) in [6, 6.07) is 7.22. The van der Waals surface area contributed by atoms with E-state index < -0.39 is 5.60 Å². The van der Waals surface area contributed by atoms with E-state index in [2.05, 4.69) is 42.7 Å². The molecule has 0 saturated heterocycles. The molecule has 0 radical (unpaired) electrons. The number of aryl methyl sites for hydroxylation is 2. The molecule has 0 atom stereocenters. The van der Waals surface area contributed by atoms with Crippen molar-refractivity contribution in [1.29, 1.82) is 0 Å². The van der Waals surface area contributed by atoms with E-state index in [9.17, 15) is 4.79 Å². The molecule has 1 aliphatic carbocycles. The Morgan fingerprint density at radius 2 is 1.70 bits per heavy atom. The number of carbonyl (C=O) groups is 1. The molecule has 0 aliphatic heterocycles. The van der Waals surface area contributed by atoms with Crippen LogP contribution in [0.3, 0.4) is 0 Å². The molecule has 2 rings (SSSR count). The minimum atomic E-state index is -0.439. The maximum atomic E-state index is 11.8. The summed E-state index contributed by atoms with van der Waals surface area (Å²) >= 11 is 0. The van der Waals surface area contributed by atoms with Crippen molar-refractivity contribution in [3.05, 3.63) is 29.3 Å². The molecule has 0 bridgehead atoms. The van der Waals surface area contributed by atoms with Gasteiger partial charge < -0.3 is 15.4 Å². The predicted octanol–water partition coefficient (Wildman–Crippen LogP) is 4.55. The summed E-state index contributed by atoms with van der Waals surface area (Å²) < 4.78 is 5.32. The SMILES string of the molecule is Cc1ccc(NC2CCC(NC(=O)OC(C)(C)C)CC2)c(C)c1. The highest BCUT2D eigenvalue weighted by atomic mass is 16.6. The first kappa shape index (κ1) is 17.6. The Morgan fingerprint density at radius 3 is 2.26 bits per heavy atom. The monoisotopic (exact) mass is 318 g/mol. The third-order valence-electron chi connectivity index (χ3n) is 4.19. The van der Waals surface area contributed by atoms with E-state index in [4.69, 9.17) is 4.74 Å². The Balaban J connectivity index is 1.79. The average Bonchev–Trinajstić information content (AvgIpc) is 2.42. The second-order valence-electron chi connectivity index (χ2n) is 7.66. The van der Waals surface area contributed by atoms with Crippen LogP contribution in [0, 0.1) is 13.8 Å². The summed E-state index contributed by atoms with van der Waals surface area (Å²) in [6.45, 7) is 9.92. The zero-order chi connectivity index (χ0) is 17.0. The van der Waals surface area contributed by atoms with Crippen molar-refractivity contribution in [1.82, 2.24) is 5.32 Å². The van der Waals surface area contributed by atoms with Gasteiger partial charge in [-0.15, -0.1) is 0 Å². The molecule has 1 aromatic rings. The third-order valence-corrected chi connectivity index (χ3v) is 4.19. The first-order valence-electron chi connectivity index (χ1n) is 8.56. The molecule has 2 N–H and O–H groups in total. The maximum Gasteiger partial charge on any atom is 0.407 e. The van der Waals surface area contributed by atoms with Gasteiger partial charge in [-0.05, 0) is 71.9 Å². The van der Waals surface area contributed by atoms with Crippen molar-refractivity contribution < 1.29 is 9.53 Å². The third kappa shape index (κ3) is 5.77. The van der Waals surface area contributed by atoms with Crippen LogP contribution in [-0.2, 0) is 4.74 Å². The standard InChI is InChI=1S/C19H30N2O2/c1-13-6-11-17(14(2)12-13)20-15-7-9-16(10-8-15)21-18(22)23-19(3,4)5/h6,11-12,15-16,20H,7-10H2,1-5H3,(H,21,22). The van der Waals surface area contributed by atoms with Gasteiger partial charge in [0.2, 0.25) is 0 Å². The number of alkyl carbamates (subject to hydrolysis) is 1. The van der Waals surface area contributed by atoms with E-state index >= 15 is 0 Å². The van der Waals surface area contributed by atoms with Gasteiger partial charge in [0.25, 0.3) is 0 Å². The van der Waals surface area contributed by atoms with Crippen molar-refractivity contribution in [2.45, 2.75) is 78.0 Å². The van der Waals surface area contributed by atoms with Crippen LogP contribution in [-0.4, -0.2) is 23.8 Å². The molecule has 1 saturated carbocycles. The van der Waals surface area contributed by atoms with Gasteiger partial charge in [0.15, 0.2) is 0 Å². The molecule has 4 nitrogen and oxygen atoms in total. The second-order valence-corrected chi connectivity index (χ2v) is 7.66. The van der Waals surface area contributed by atoms with E-state index in [-0.39, 0.29) is 12.1 Å². The van der Waals surface area contributed by atoms with Crippen molar-refractivity contribution >= 4 is 11.8 Å². The number of carbonyl (C=O) groups excluding carboxylic acids is 1. The summed E-state index contributed by atoms with van der Waals surface area (Å²) in [5.74, 6) is 0. The molecule has 1 fully saturated rings. The lowest BCUT2D eigenvalue weighted by atomic mass is 9.91. The summed E-state index contributed by atoms with van der Waals surface area (Å²) in [7, 11) is 0. The zero-order valence-corrected chi connectivity index (χ0v) is 15.0. The molecule has 1 aromatic carbocycles. The van der Waals surface area contributed by atoms with Crippen LogP contribution < -0.4 is 10.6 Å². The van der Waals surface area contributed by atoms with Gasteiger partial charge in [-0.3, -0.25) is 0 Å². The van der Waals surface area contributed by atoms with Gasteiger partial charge in [-0.25, -0.2) is 4.79 Å². The van der Waals surface area contributed by atoms with E-state index in [1.54, 1.807) is 0 Å². The Hall–Kier alpha value is -1.71. The molecule has 128 valence electrons. The molecule has 23 heavy (non-hydrogen) atoms. The molecule has 0 unspecified atom stereocenters. The van der Waals surface area contributed by atoms with Crippen molar-refractivity contribution in [2.24, 2.45) is 0 Å². The smallest absolute Gasteiger partial charge is 0.407 e. The van der Waals surface area contributed by atoms with Crippen LogP contribution >= 0.6 is 0 Å². The molecule has 0 aromatic heterocycles. The van der Waals surface area contributed by atoms with Crippen LogP contribution in [0.2, 0.25) is 0 Å². The largest absolute Gasteiger partial charge is 0.444 e. The van der Waals surface area contributed by atoms with Crippen LogP contribution in [0.4, 0.5) is 10.5 Å². The molecule has 1 amide bonds. The fourth-order valence-electron chi connectivity index (χ4n) is 3.05. The van der Waals surface area contributed by atoms with Gasteiger partial charge >= 0.3 is 6.09 Å². The molecule has 0 heterocycles. The van der Waals surface area contributed by atoms with Crippen molar-refractivity contribution in [3.8, 4) is 0 Å². The molecule has 1 aliphatic rings. The average molecular weight is 318 g/mol.